The van der Waals surface area contributed by atoms with Crippen LogP contribution in [0.15, 0.2) is 54.6 Å². The van der Waals surface area contributed by atoms with Crippen LogP contribution in [0.3, 0.4) is 0 Å². The summed E-state index contributed by atoms with van der Waals surface area (Å²) in [6.07, 6.45) is 1.94. The van der Waals surface area contributed by atoms with Crippen molar-refractivity contribution in [3.8, 4) is 6.07 Å². The number of nitrogens with zero attached hydrogens (tertiary/aromatic N) is 5. The third-order valence-corrected chi connectivity index (χ3v) is 7.13. The molecule has 0 spiro atoms. The van der Waals surface area contributed by atoms with Gasteiger partial charge >= 0.3 is 0 Å². The average molecular weight is 430 g/mol. The van der Waals surface area contributed by atoms with Gasteiger partial charge in [0, 0.05) is 32.7 Å². The fourth-order valence-corrected chi connectivity index (χ4v) is 5.12. The number of para-hydroxylation sites is 2. The van der Waals surface area contributed by atoms with Gasteiger partial charge in [-0.3, -0.25) is 4.90 Å². The maximum atomic E-state index is 10.1. The van der Waals surface area contributed by atoms with Crippen LogP contribution < -0.4 is 4.90 Å². The van der Waals surface area contributed by atoms with Crippen molar-refractivity contribution in [2.24, 2.45) is 5.92 Å². The van der Waals surface area contributed by atoms with E-state index in [1.807, 2.05) is 18.2 Å². The van der Waals surface area contributed by atoms with Gasteiger partial charge in [-0.2, -0.15) is 5.26 Å². The number of imidazole rings is 1. The Morgan fingerprint density at radius 2 is 1.69 bits per heavy atom. The highest BCUT2D eigenvalue weighted by atomic mass is 15.4. The van der Waals surface area contributed by atoms with Crippen LogP contribution in [0.4, 0.5) is 5.95 Å². The minimum Gasteiger partial charge on any atom is -0.340 e. The smallest absolute Gasteiger partial charge is 0.206 e. The summed E-state index contributed by atoms with van der Waals surface area (Å²) >= 11 is 0. The molecule has 32 heavy (non-hydrogen) atoms. The van der Waals surface area contributed by atoms with Crippen LogP contribution in [0, 0.1) is 17.2 Å². The zero-order chi connectivity index (χ0) is 22.6. The topological polar surface area (TPSA) is 48.1 Å². The Kier molecular flexibility index (Phi) is 6.81. The van der Waals surface area contributed by atoms with Gasteiger partial charge < -0.3 is 9.47 Å². The minimum absolute atomic E-state index is 0.286. The molecule has 1 saturated heterocycles. The van der Waals surface area contributed by atoms with Crippen LogP contribution in [-0.4, -0.2) is 47.2 Å². The highest BCUT2D eigenvalue weighted by molar-refractivity contribution is 5.78. The van der Waals surface area contributed by atoms with Crippen molar-refractivity contribution in [1.82, 2.24) is 14.5 Å². The molecule has 0 amide bonds. The van der Waals surface area contributed by atoms with Crippen LogP contribution in [0.25, 0.3) is 11.0 Å². The second-order valence-electron chi connectivity index (χ2n) is 9.18. The van der Waals surface area contributed by atoms with Crippen LogP contribution in [0.1, 0.15) is 39.2 Å². The molecule has 5 heteroatoms. The predicted octanol–water partition coefficient (Wildman–Crippen LogP) is 5.08. The van der Waals surface area contributed by atoms with Gasteiger partial charge in [0.1, 0.15) is 0 Å². The quantitative estimate of drug-likeness (QED) is 0.501. The van der Waals surface area contributed by atoms with E-state index in [1.54, 1.807) is 0 Å². The van der Waals surface area contributed by atoms with Gasteiger partial charge in [-0.05, 0) is 49.9 Å². The normalized spacial score (nSPS) is 16.9. The Balaban J connectivity index is 1.36. The van der Waals surface area contributed by atoms with Gasteiger partial charge in [0.05, 0.1) is 22.5 Å². The van der Waals surface area contributed by atoms with Crippen molar-refractivity contribution in [3.63, 3.8) is 0 Å². The molecule has 5 nitrogen and oxygen atoms in total. The molecule has 1 aromatic heterocycles. The molecule has 2 aromatic carbocycles. The van der Waals surface area contributed by atoms with Crippen molar-refractivity contribution in [3.05, 3.63) is 60.2 Å². The van der Waals surface area contributed by atoms with E-state index in [4.69, 9.17) is 4.98 Å². The number of nitriles is 1. The monoisotopic (exact) mass is 429 g/mol. The molecule has 1 aliphatic heterocycles. The van der Waals surface area contributed by atoms with Crippen molar-refractivity contribution >= 4 is 17.0 Å². The van der Waals surface area contributed by atoms with Crippen LogP contribution in [0.2, 0.25) is 0 Å². The molecule has 0 N–H and O–H groups in total. The Morgan fingerprint density at radius 3 is 2.34 bits per heavy atom. The first-order valence-corrected chi connectivity index (χ1v) is 12.0. The maximum Gasteiger partial charge on any atom is 0.206 e. The fraction of sp³-hybridized carbons (Fsp3) is 0.481. The number of rotatable bonds is 8. The van der Waals surface area contributed by atoms with Crippen LogP contribution in [-0.2, 0) is 12.0 Å². The summed E-state index contributed by atoms with van der Waals surface area (Å²) in [7, 11) is 0. The second kappa shape index (κ2) is 9.75. The summed E-state index contributed by atoms with van der Waals surface area (Å²) in [6, 6.07) is 21.4. The summed E-state index contributed by atoms with van der Waals surface area (Å²) in [5.74, 6) is 1.38. The van der Waals surface area contributed by atoms with E-state index in [-0.39, 0.29) is 5.92 Å². The lowest BCUT2D eigenvalue weighted by atomic mass is 9.70. The Hall–Kier alpha value is -2.84. The van der Waals surface area contributed by atoms with Gasteiger partial charge in [-0.25, -0.2) is 4.98 Å². The largest absolute Gasteiger partial charge is 0.340 e. The molecule has 3 aromatic rings. The Morgan fingerprint density at radius 1 is 1.00 bits per heavy atom. The number of hydrogen-bond acceptors (Lipinski definition) is 4. The van der Waals surface area contributed by atoms with Gasteiger partial charge in [0.15, 0.2) is 0 Å². The molecule has 4 rings (SSSR count). The third kappa shape index (κ3) is 4.25. The van der Waals surface area contributed by atoms with E-state index in [1.165, 1.54) is 5.52 Å². The number of benzene rings is 2. The number of anilines is 1. The highest BCUT2D eigenvalue weighted by Gasteiger charge is 2.35. The highest BCUT2D eigenvalue weighted by Crippen LogP contribution is 2.36. The number of piperazine rings is 1. The summed E-state index contributed by atoms with van der Waals surface area (Å²) in [5.41, 5.74) is 3.04. The van der Waals surface area contributed by atoms with Crippen molar-refractivity contribution in [2.45, 2.75) is 45.6 Å². The van der Waals surface area contributed by atoms with Crippen molar-refractivity contribution < 1.29 is 0 Å². The molecule has 1 fully saturated rings. The summed E-state index contributed by atoms with van der Waals surface area (Å²) in [6.45, 7) is 12.6. The third-order valence-electron chi connectivity index (χ3n) is 7.13. The van der Waals surface area contributed by atoms with Crippen molar-refractivity contribution in [2.75, 3.05) is 37.6 Å². The molecular formula is C27H35N5. The van der Waals surface area contributed by atoms with Gasteiger partial charge in [0.2, 0.25) is 5.95 Å². The second-order valence-corrected chi connectivity index (χ2v) is 9.18. The first kappa shape index (κ1) is 22.4. The first-order valence-electron chi connectivity index (χ1n) is 12.0. The lowest BCUT2D eigenvalue weighted by Gasteiger charge is -2.36. The standard InChI is InChI=1S/C27H35N5/c1-4-32-25-14-9-8-13-24(25)29-26(32)31-19-17-30(18-20-31)16-10-15-27(21-28,22(2)3)23-11-6-5-7-12-23/h5-9,11-14,22H,4,10,15-20H2,1-3H3. The first-order chi connectivity index (χ1) is 15.6. The van der Waals surface area contributed by atoms with Gasteiger partial charge in [-0.1, -0.05) is 56.3 Å². The Labute approximate surface area is 192 Å². The molecule has 0 radical (unpaired) electrons. The van der Waals surface area contributed by atoms with Gasteiger partial charge in [-0.15, -0.1) is 0 Å². The predicted molar refractivity (Wildman–Crippen MR) is 132 cm³/mol. The SMILES string of the molecule is CCn1c(N2CCN(CCCC(C#N)(c3ccccc3)C(C)C)CC2)nc2ccccc21. The molecular weight excluding hydrogens is 394 g/mol. The molecule has 168 valence electrons. The molecule has 1 unspecified atom stereocenters. The van der Waals surface area contributed by atoms with E-state index >= 15 is 0 Å². The minimum atomic E-state index is -0.408. The lowest BCUT2D eigenvalue weighted by Crippen LogP contribution is -2.47. The Bertz CT molecular complexity index is 1060. The summed E-state index contributed by atoms with van der Waals surface area (Å²) in [5, 5.41) is 10.1. The maximum absolute atomic E-state index is 10.1. The van der Waals surface area contributed by atoms with E-state index in [2.05, 4.69) is 77.6 Å². The average Bonchev–Trinajstić information content (AvgIpc) is 3.21. The van der Waals surface area contributed by atoms with E-state index in [0.29, 0.717) is 0 Å². The number of fused-ring (bicyclic) bond motifs is 1. The number of aryl methyl sites for hydroxylation is 1. The van der Waals surface area contributed by atoms with Gasteiger partial charge in [0.25, 0.3) is 0 Å². The summed E-state index contributed by atoms with van der Waals surface area (Å²) < 4.78 is 2.33. The summed E-state index contributed by atoms with van der Waals surface area (Å²) in [4.78, 5) is 9.90. The molecule has 1 aliphatic rings. The van der Waals surface area contributed by atoms with Crippen LogP contribution in [0.5, 0.6) is 0 Å². The van der Waals surface area contributed by atoms with Crippen molar-refractivity contribution in [1.29, 1.82) is 5.26 Å². The molecule has 0 bridgehead atoms. The van der Waals surface area contributed by atoms with Crippen LogP contribution >= 0.6 is 0 Å². The van der Waals surface area contributed by atoms with E-state index < -0.39 is 5.41 Å². The van der Waals surface area contributed by atoms with E-state index in [9.17, 15) is 5.26 Å². The van der Waals surface area contributed by atoms with E-state index in [0.717, 1.165) is 69.1 Å². The zero-order valence-corrected chi connectivity index (χ0v) is 19.7. The molecule has 0 saturated carbocycles. The molecule has 1 atom stereocenters. The number of hydrogen-bond donors (Lipinski definition) is 0. The fourth-order valence-electron chi connectivity index (χ4n) is 5.12. The lowest BCUT2D eigenvalue weighted by molar-refractivity contribution is 0.238. The molecule has 0 aliphatic carbocycles. The molecule has 2 heterocycles. The number of aromatic nitrogens is 2. The zero-order valence-electron chi connectivity index (χ0n) is 19.7.